The van der Waals surface area contributed by atoms with E-state index < -0.39 is 22.2 Å². The summed E-state index contributed by atoms with van der Waals surface area (Å²) in [6, 6.07) is 15.6. The van der Waals surface area contributed by atoms with E-state index in [0.29, 0.717) is 12.1 Å². The highest BCUT2D eigenvalue weighted by molar-refractivity contribution is 7.59. The quantitative estimate of drug-likeness (QED) is 0.614. The molecule has 2 amide bonds. The van der Waals surface area contributed by atoms with Crippen LogP contribution in [0.25, 0.3) is 11.1 Å². The first kappa shape index (κ1) is 25.7. The van der Waals surface area contributed by atoms with Crippen LogP contribution in [-0.2, 0) is 14.4 Å². The van der Waals surface area contributed by atoms with Gasteiger partial charge in [-0.05, 0) is 55.9 Å². The van der Waals surface area contributed by atoms with Gasteiger partial charge in [0.1, 0.15) is 0 Å². The van der Waals surface area contributed by atoms with Gasteiger partial charge in [0.2, 0.25) is 11.8 Å². The predicted molar refractivity (Wildman–Crippen MR) is 132 cm³/mol. The molecular weight excluding hydrogens is 422 g/mol. The molecule has 2 aliphatic rings. The monoisotopic (exact) mass is 455 g/mol. The number of hydrogen-bond donors (Lipinski definition) is 1. The number of rotatable bonds is 3. The molecule has 2 aromatic carbocycles. The van der Waals surface area contributed by atoms with Gasteiger partial charge in [0, 0.05) is 10.8 Å². The minimum atomic E-state index is -1.10. The highest BCUT2D eigenvalue weighted by atomic mass is 32.1. The van der Waals surface area contributed by atoms with E-state index in [4.69, 9.17) is 0 Å². The van der Waals surface area contributed by atoms with Crippen molar-refractivity contribution in [1.82, 2.24) is 0 Å². The maximum Gasteiger partial charge on any atom is 0.309 e. The summed E-state index contributed by atoms with van der Waals surface area (Å²) in [5.41, 5.74) is 0.462. The first-order chi connectivity index (χ1) is 14.0. The third kappa shape index (κ3) is 3.85. The molecular formula is C26H33NO4S. The first-order valence-corrected chi connectivity index (χ1v) is 10.3. The van der Waals surface area contributed by atoms with Gasteiger partial charge >= 0.3 is 5.97 Å². The van der Waals surface area contributed by atoms with Gasteiger partial charge in [0.05, 0.1) is 11.1 Å². The molecule has 2 fully saturated rings. The Morgan fingerprint density at radius 2 is 1.41 bits per heavy atom. The Morgan fingerprint density at radius 3 is 1.91 bits per heavy atom. The molecule has 0 radical (unpaired) electrons. The second-order valence-corrected chi connectivity index (χ2v) is 9.83. The lowest BCUT2D eigenvalue weighted by molar-refractivity contribution is -0.167. The molecule has 2 aromatic rings. The van der Waals surface area contributed by atoms with Gasteiger partial charge in [0.25, 0.3) is 0 Å². The number of nitrogens with zero attached hydrogens (tertiary/aromatic N) is 1. The van der Waals surface area contributed by atoms with Crippen LogP contribution in [-0.4, -0.2) is 22.9 Å². The Bertz CT molecular complexity index is 1040. The van der Waals surface area contributed by atoms with Crippen LogP contribution < -0.4 is 4.90 Å². The van der Waals surface area contributed by atoms with Gasteiger partial charge in [-0.1, -0.05) is 63.7 Å². The van der Waals surface area contributed by atoms with Crippen molar-refractivity contribution in [3.8, 4) is 11.1 Å². The Morgan fingerprint density at radius 1 is 0.875 bits per heavy atom. The van der Waals surface area contributed by atoms with Crippen LogP contribution in [0.5, 0.6) is 0 Å². The maximum absolute atomic E-state index is 13.6. The topological polar surface area (TPSA) is 74.7 Å². The molecule has 6 heteroatoms. The number of benzene rings is 2. The molecule has 0 aromatic heterocycles. The average molecular weight is 456 g/mol. The van der Waals surface area contributed by atoms with E-state index in [2.05, 4.69) is 0 Å². The highest BCUT2D eigenvalue weighted by Gasteiger charge is 2.63. The zero-order valence-electron chi connectivity index (χ0n) is 18.4. The number of hydrogen-bond acceptors (Lipinski definition) is 3. The van der Waals surface area contributed by atoms with Crippen molar-refractivity contribution in [1.29, 1.82) is 0 Å². The largest absolute Gasteiger partial charge is 0.481 e. The predicted octanol–water partition coefficient (Wildman–Crippen LogP) is 5.57. The molecule has 1 heterocycles. The van der Waals surface area contributed by atoms with E-state index in [1.807, 2.05) is 69.3 Å². The smallest absolute Gasteiger partial charge is 0.309 e. The van der Waals surface area contributed by atoms with Gasteiger partial charge in [0.15, 0.2) is 0 Å². The minimum Gasteiger partial charge on any atom is -0.481 e. The van der Waals surface area contributed by atoms with Gasteiger partial charge in [-0.2, -0.15) is 13.5 Å². The summed E-state index contributed by atoms with van der Waals surface area (Å²) in [5.74, 6) is -1.55. The van der Waals surface area contributed by atoms with Crippen molar-refractivity contribution in [3.63, 3.8) is 0 Å². The number of carbonyl (C=O) groups excluding carboxylic acids is 2. The van der Waals surface area contributed by atoms with Crippen molar-refractivity contribution < 1.29 is 19.5 Å². The molecule has 1 saturated carbocycles. The van der Waals surface area contributed by atoms with Crippen molar-refractivity contribution >= 4 is 37.0 Å². The zero-order chi connectivity index (χ0) is 21.9. The SMILES string of the molecule is C.Cc1ccc(-c2ccccc2)cc1N1C(=O)[C@@]2(C)CC(C)(C(=O)O)C[C@](C)(C2)C1=O.S. The fourth-order valence-electron chi connectivity index (χ4n) is 5.74. The summed E-state index contributed by atoms with van der Waals surface area (Å²) in [5, 5.41) is 9.81. The van der Waals surface area contributed by atoms with Crippen LogP contribution in [0.3, 0.4) is 0 Å². The lowest BCUT2D eigenvalue weighted by Gasteiger charge is -2.55. The summed E-state index contributed by atoms with van der Waals surface area (Å²) >= 11 is 0. The molecule has 3 atom stereocenters. The number of piperidine rings is 1. The fraction of sp³-hybridized carbons (Fsp3) is 0.423. The number of anilines is 1. The summed E-state index contributed by atoms with van der Waals surface area (Å²) in [6.45, 7) is 7.16. The third-order valence-corrected chi connectivity index (χ3v) is 6.85. The number of imide groups is 1. The van der Waals surface area contributed by atoms with Crippen LogP contribution >= 0.6 is 13.5 Å². The molecule has 4 rings (SSSR count). The summed E-state index contributed by atoms with van der Waals surface area (Å²) in [6.07, 6.45) is 0.838. The standard InChI is InChI=1S/C25H27NO4.CH4.H2S/c1-16-10-11-18(17-8-6-5-7-9-17)12-19(16)26-20(27)23(2)13-24(3,21(26)28)15-25(4,14-23)22(29)30;;/h5-12H,13-15H2,1-4H3,(H,29,30);1H4;1H2/t23-,24+,25?;;. The number of fused-ring (bicyclic) bond motifs is 2. The molecule has 172 valence electrons. The van der Waals surface area contributed by atoms with Gasteiger partial charge in [-0.15, -0.1) is 0 Å². The van der Waals surface area contributed by atoms with Crippen LogP contribution in [0.1, 0.15) is 53.0 Å². The van der Waals surface area contributed by atoms with E-state index in [9.17, 15) is 19.5 Å². The van der Waals surface area contributed by atoms with Crippen LogP contribution in [0, 0.1) is 23.2 Å². The van der Waals surface area contributed by atoms with Crippen molar-refractivity contribution in [3.05, 3.63) is 54.1 Å². The first-order valence-electron chi connectivity index (χ1n) is 10.3. The average Bonchev–Trinajstić information content (AvgIpc) is 2.68. The second-order valence-electron chi connectivity index (χ2n) is 9.83. The molecule has 1 saturated heterocycles. The Hall–Kier alpha value is -2.60. The van der Waals surface area contributed by atoms with Gasteiger partial charge in [-0.3, -0.25) is 14.4 Å². The van der Waals surface area contributed by atoms with E-state index in [1.165, 1.54) is 4.90 Å². The summed E-state index contributed by atoms with van der Waals surface area (Å²) in [7, 11) is 0. The van der Waals surface area contributed by atoms with Gasteiger partial charge in [-0.25, -0.2) is 4.90 Å². The molecule has 1 aliphatic carbocycles. The Kier molecular flexibility index (Phi) is 6.73. The number of carboxylic acids is 1. The molecule has 0 spiro atoms. The van der Waals surface area contributed by atoms with Crippen molar-refractivity contribution in [2.75, 3.05) is 4.90 Å². The van der Waals surface area contributed by atoms with Gasteiger partial charge < -0.3 is 5.11 Å². The Balaban J connectivity index is 0.00000181. The fourth-order valence-corrected chi connectivity index (χ4v) is 5.74. The normalized spacial score (nSPS) is 29.1. The molecule has 32 heavy (non-hydrogen) atoms. The maximum atomic E-state index is 13.6. The number of amides is 2. The van der Waals surface area contributed by atoms with Crippen molar-refractivity contribution in [2.45, 2.75) is 54.4 Å². The van der Waals surface area contributed by atoms with Crippen LogP contribution in [0.15, 0.2) is 48.5 Å². The van der Waals surface area contributed by atoms with Crippen molar-refractivity contribution in [2.24, 2.45) is 16.2 Å². The molecule has 1 N–H and O–H groups in total. The van der Waals surface area contributed by atoms with Crippen LogP contribution in [0.2, 0.25) is 0 Å². The number of carbonyl (C=O) groups is 3. The summed E-state index contributed by atoms with van der Waals surface area (Å²) in [4.78, 5) is 40.6. The lowest BCUT2D eigenvalue weighted by Crippen LogP contribution is -2.64. The minimum absolute atomic E-state index is 0. The second kappa shape index (κ2) is 8.39. The van der Waals surface area contributed by atoms with E-state index in [1.54, 1.807) is 6.92 Å². The molecule has 2 bridgehead atoms. The zero-order valence-corrected chi connectivity index (χ0v) is 19.4. The Labute approximate surface area is 197 Å². The number of aryl methyl sites for hydroxylation is 1. The molecule has 1 unspecified atom stereocenters. The lowest BCUT2D eigenvalue weighted by atomic mass is 9.51. The number of aliphatic carboxylic acids is 1. The van der Waals surface area contributed by atoms with E-state index in [-0.39, 0.29) is 45.6 Å². The highest BCUT2D eigenvalue weighted by Crippen LogP contribution is 2.59. The molecule has 5 nitrogen and oxygen atoms in total. The number of carboxylic acid groups (broad SMARTS) is 1. The van der Waals surface area contributed by atoms with Crippen LogP contribution in [0.4, 0.5) is 5.69 Å². The van der Waals surface area contributed by atoms with E-state index in [0.717, 1.165) is 16.7 Å². The third-order valence-electron chi connectivity index (χ3n) is 6.85. The van der Waals surface area contributed by atoms with E-state index >= 15 is 0 Å². The summed E-state index contributed by atoms with van der Waals surface area (Å²) < 4.78 is 0. The molecule has 1 aliphatic heterocycles.